The molecule has 26 heavy (non-hydrogen) atoms. The van der Waals surface area contributed by atoms with Gasteiger partial charge >= 0.3 is 0 Å². The van der Waals surface area contributed by atoms with Crippen molar-refractivity contribution in [1.82, 2.24) is 5.32 Å². The summed E-state index contributed by atoms with van der Waals surface area (Å²) in [5.41, 5.74) is 3.45. The SMILES string of the molecule is CCc1ccc([C@@H](NC(=S)Nc2ccc(OC)cc2)c2cccs2)cc1. The van der Waals surface area contributed by atoms with Crippen LogP contribution in [0.2, 0.25) is 0 Å². The molecule has 3 aromatic rings. The van der Waals surface area contributed by atoms with Gasteiger partial charge < -0.3 is 15.4 Å². The van der Waals surface area contributed by atoms with E-state index in [0.29, 0.717) is 5.11 Å². The number of nitrogens with one attached hydrogen (secondary N) is 2. The van der Waals surface area contributed by atoms with Crippen LogP contribution in [0.5, 0.6) is 5.75 Å². The number of methoxy groups -OCH3 is 1. The molecule has 0 saturated carbocycles. The van der Waals surface area contributed by atoms with Gasteiger partial charge in [-0.3, -0.25) is 0 Å². The molecular weight excluding hydrogens is 360 g/mol. The minimum Gasteiger partial charge on any atom is -0.497 e. The Labute approximate surface area is 164 Å². The lowest BCUT2D eigenvalue weighted by atomic mass is 10.0. The molecule has 0 amide bonds. The van der Waals surface area contributed by atoms with Crippen molar-refractivity contribution in [1.29, 1.82) is 0 Å². The van der Waals surface area contributed by atoms with Crippen LogP contribution in [-0.2, 0) is 6.42 Å². The Morgan fingerprint density at radius 1 is 1.08 bits per heavy atom. The van der Waals surface area contributed by atoms with Gasteiger partial charge in [-0.15, -0.1) is 11.3 Å². The fourth-order valence-electron chi connectivity index (χ4n) is 2.69. The van der Waals surface area contributed by atoms with Crippen molar-refractivity contribution in [2.24, 2.45) is 0 Å². The van der Waals surface area contributed by atoms with Crippen LogP contribution in [0.25, 0.3) is 0 Å². The molecule has 0 aliphatic heterocycles. The van der Waals surface area contributed by atoms with Crippen LogP contribution in [0.1, 0.15) is 29.0 Å². The maximum atomic E-state index is 5.55. The van der Waals surface area contributed by atoms with Crippen LogP contribution < -0.4 is 15.4 Å². The molecule has 5 heteroatoms. The molecule has 0 unspecified atom stereocenters. The molecule has 1 aromatic heterocycles. The molecule has 0 bridgehead atoms. The van der Waals surface area contributed by atoms with Crippen molar-refractivity contribution in [2.75, 3.05) is 12.4 Å². The number of thiophene rings is 1. The highest BCUT2D eigenvalue weighted by atomic mass is 32.1. The van der Waals surface area contributed by atoms with E-state index in [9.17, 15) is 0 Å². The lowest BCUT2D eigenvalue weighted by Gasteiger charge is -2.21. The van der Waals surface area contributed by atoms with E-state index in [1.54, 1.807) is 18.4 Å². The Kier molecular flexibility index (Phi) is 6.26. The van der Waals surface area contributed by atoms with Gasteiger partial charge in [-0.05, 0) is 65.5 Å². The third-order valence-corrected chi connectivity index (χ3v) is 5.33. The van der Waals surface area contributed by atoms with Gasteiger partial charge in [-0.2, -0.15) is 0 Å². The number of hydrogen-bond acceptors (Lipinski definition) is 3. The Morgan fingerprint density at radius 3 is 2.38 bits per heavy atom. The van der Waals surface area contributed by atoms with Crippen molar-refractivity contribution in [2.45, 2.75) is 19.4 Å². The molecule has 0 saturated heterocycles. The first-order chi connectivity index (χ1) is 12.7. The Morgan fingerprint density at radius 2 is 1.81 bits per heavy atom. The lowest BCUT2D eigenvalue weighted by molar-refractivity contribution is 0.415. The summed E-state index contributed by atoms with van der Waals surface area (Å²) in [5.74, 6) is 0.821. The van der Waals surface area contributed by atoms with E-state index < -0.39 is 0 Å². The smallest absolute Gasteiger partial charge is 0.171 e. The summed E-state index contributed by atoms with van der Waals surface area (Å²) in [7, 11) is 1.66. The minimum absolute atomic E-state index is 0.0270. The molecule has 3 rings (SSSR count). The molecule has 1 heterocycles. The molecular formula is C21H22N2OS2. The average molecular weight is 383 g/mol. The van der Waals surface area contributed by atoms with Crippen LogP contribution in [-0.4, -0.2) is 12.2 Å². The summed E-state index contributed by atoms with van der Waals surface area (Å²) in [6, 6.07) is 20.6. The van der Waals surface area contributed by atoms with Crippen LogP contribution in [0.15, 0.2) is 66.0 Å². The standard InChI is InChI=1S/C21H22N2OS2/c1-3-15-6-8-16(9-7-15)20(19-5-4-14-26-19)23-21(25)22-17-10-12-18(24-2)13-11-17/h4-14,20H,3H2,1-2H3,(H2,22,23,25)/t20-/m1/s1. The van der Waals surface area contributed by atoms with Crippen molar-refractivity contribution in [3.63, 3.8) is 0 Å². The highest BCUT2D eigenvalue weighted by molar-refractivity contribution is 7.80. The largest absolute Gasteiger partial charge is 0.497 e. The molecule has 2 aromatic carbocycles. The number of anilines is 1. The maximum Gasteiger partial charge on any atom is 0.171 e. The molecule has 0 radical (unpaired) electrons. The van der Waals surface area contributed by atoms with Crippen molar-refractivity contribution in [3.05, 3.63) is 82.0 Å². The summed E-state index contributed by atoms with van der Waals surface area (Å²) in [6.45, 7) is 2.16. The molecule has 134 valence electrons. The fraction of sp³-hybridized carbons (Fsp3) is 0.190. The molecule has 0 fully saturated rings. The van der Waals surface area contributed by atoms with E-state index in [1.165, 1.54) is 16.0 Å². The van der Waals surface area contributed by atoms with Gasteiger partial charge in [0.25, 0.3) is 0 Å². The molecule has 0 aliphatic rings. The summed E-state index contributed by atoms with van der Waals surface area (Å²) < 4.78 is 5.19. The van der Waals surface area contributed by atoms with Crippen molar-refractivity contribution in [3.8, 4) is 5.75 Å². The quantitative estimate of drug-likeness (QED) is 0.560. The molecule has 2 N–H and O–H groups in total. The zero-order valence-electron chi connectivity index (χ0n) is 14.9. The van der Waals surface area contributed by atoms with Gasteiger partial charge in [0.15, 0.2) is 5.11 Å². The number of aryl methyl sites for hydroxylation is 1. The number of hydrogen-bond donors (Lipinski definition) is 2. The predicted molar refractivity (Wildman–Crippen MR) is 114 cm³/mol. The summed E-state index contributed by atoms with van der Waals surface area (Å²) >= 11 is 7.27. The lowest BCUT2D eigenvalue weighted by Crippen LogP contribution is -2.32. The minimum atomic E-state index is 0.0270. The number of rotatable bonds is 6. The Balaban J connectivity index is 1.75. The number of benzene rings is 2. The first-order valence-corrected chi connectivity index (χ1v) is 9.82. The summed E-state index contributed by atoms with van der Waals surface area (Å²) in [6.07, 6.45) is 1.04. The van der Waals surface area contributed by atoms with E-state index in [2.05, 4.69) is 59.3 Å². The van der Waals surface area contributed by atoms with E-state index in [0.717, 1.165) is 17.9 Å². The summed E-state index contributed by atoms with van der Waals surface area (Å²) in [5, 5.41) is 9.38. The first kappa shape index (κ1) is 18.4. The monoisotopic (exact) mass is 382 g/mol. The van der Waals surface area contributed by atoms with Crippen LogP contribution in [0.4, 0.5) is 5.69 Å². The second-order valence-corrected chi connectivity index (χ2v) is 7.26. The number of ether oxygens (including phenoxy) is 1. The third kappa shape index (κ3) is 4.62. The van der Waals surface area contributed by atoms with E-state index in [4.69, 9.17) is 17.0 Å². The second kappa shape index (κ2) is 8.83. The first-order valence-electron chi connectivity index (χ1n) is 8.53. The van der Waals surface area contributed by atoms with Gasteiger partial charge in [0.2, 0.25) is 0 Å². The van der Waals surface area contributed by atoms with Gasteiger partial charge in [0, 0.05) is 10.6 Å². The predicted octanol–water partition coefficient (Wildman–Crippen LogP) is 5.40. The van der Waals surface area contributed by atoms with Crippen LogP contribution in [0, 0.1) is 0 Å². The van der Waals surface area contributed by atoms with Gasteiger partial charge in [-0.25, -0.2) is 0 Å². The van der Waals surface area contributed by atoms with E-state index in [1.807, 2.05) is 24.3 Å². The third-order valence-electron chi connectivity index (χ3n) is 4.17. The van der Waals surface area contributed by atoms with Crippen molar-refractivity contribution >= 4 is 34.4 Å². The molecule has 0 aliphatic carbocycles. The topological polar surface area (TPSA) is 33.3 Å². The highest BCUT2D eigenvalue weighted by Gasteiger charge is 2.16. The second-order valence-electron chi connectivity index (χ2n) is 5.87. The van der Waals surface area contributed by atoms with E-state index in [-0.39, 0.29) is 6.04 Å². The van der Waals surface area contributed by atoms with Crippen LogP contribution >= 0.6 is 23.6 Å². The molecule has 0 spiro atoms. The zero-order chi connectivity index (χ0) is 18.4. The maximum absolute atomic E-state index is 5.55. The average Bonchev–Trinajstić information content (AvgIpc) is 3.21. The Bertz CT molecular complexity index is 827. The van der Waals surface area contributed by atoms with Gasteiger partial charge in [-0.1, -0.05) is 37.3 Å². The molecule has 3 nitrogen and oxygen atoms in total. The fourth-order valence-corrected chi connectivity index (χ4v) is 3.73. The highest BCUT2D eigenvalue weighted by Crippen LogP contribution is 2.27. The normalized spacial score (nSPS) is 11.6. The van der Waals surface area contributed by atoms with Gasteiger partial charge in [0.05, 0.1) is 13.2 Å². The summed E-state index contributed by atoms with van der Waals surface area (Å²) in [4.78, 5) is 1.23. The zero-order valence-corrected chi connectivity index (χ0v) is 16.5. The van der Waals surface area contributed by atoms with E-state index >= 15 is 0 Å². The van der Waals surface area contributed by atoms with Crippen LogP contribution in [0.3, 0.4) is 0 Å². The number of thiocarbonyl (C=S) groups is 1. The Hall–Kier alpha value is -2.37. The van der Waals surface area contributed by atoms with Gasteiger partial charge in [0.1, 0.15) is 5.75 Å². The molecule has 1 atom stereocenters. The van der Waals surface area contributed by atoms with Crippen molar-refractivity contribution < 1.29 is 4.74 Å².